The molecule has 0 aliphatic heterocycles. The lowest BCUT2D eigenvalue weighted by Crippen LogP contribution is -2.07. The first-order valence-corrected chi connectivity index (χ1v) is 7.71. The lowest BCUT2D eigenvalue weighted by atomic mass is 9.95. The zero-order valence-electron chi connectivity index (χ0n) is 11.3. The minimum Gasteiger partial charge on any atom is -0.380 e. The Kier molecular flexibility index (Phi) is 4.44. The molecule has 102 valence electrons. The first-order valence-electron chi connectivity index (χ1n) is 6.14. The first kappa shape index (κ1) is 14.7. The standard InChI is InChI=1S/C15H17Cl2NS/c1-15(2,3)14-5-4-13(19-14)9-18-12-7-10(16)6-11(17)8-12/h4-8,18H,9H2,1-3H3. The molecule has 1 heterocycles. The molecule has 0 unspecified atom stereocenters. The maximum Gasteiger partial charge on any atom is 0.0494 e. The van der Waals surface area contributed by atoms with Gasteiger partial charge in [0, 0.05) is 32.0 Å². The van der Waals surface area contributed by atoms with Crippen molar-refractivity contribution in [3.8, 4) is 0 Å². The molecule has 1 nitrogen and oxygen atoms in total. The van der Waals surface area contributed by atoms with Crippen LogP contribution in [0.4, 0.5) is 5.69 Å². The van der Waals surface area contributed by atoms with E-state index < -0.39 is 0 Å². The van der Waals surface area contributed by atoms with Gasteiger partial charge in [-0.05, 0) is 35.7 Å². The summed E-state index contributed by atoms with van der Waals surface area (Å²) in [4.78, 5) is 2.70. The third-order valence-electron chi connectivity index (χ3n) is 2.73. The zero-order valence-corrected chi connectivity index (χ0v) is 13.6. The van der Waals surface area contributed by atoms with Gasteiger partial charge in [-0.15, -0.1) is 11.3 Å². The van der Waals surface area contributed by atoms with Crippen LogP contribution in [0.5, 0.6) is 0 Å². The lowest BCUT2D eigenvalue weighted by Gasteiger charge is -2.15. The molecule has 19 heavy (non-hydrogen) atoms. The average molecular weight is 314 g/mol. The van der Waals surface area contributed by atoms with Crippen molar-refractivity contribution in [2.75, 3.05) is 5.32 Å². The number of halogens is 2. The highest BCUT2D eigenvalue weighted by Gasteiger charge is 2.15. The van der Waals surface area contributed by atoms with Gasteiger partial charge < -0.3 is 5.32 Å². The Balaban J connectivity index is 2.04. The Hall–Kier alpha value is -0.700. The molecule has 0 spiro atoms. The number of thiophene rings is 1. The van der Waals surface area contributed by atoms with E-state index in [1.807, 2.05) is 23.5 Å². The Morgan fingerprint density at radius 2 is 1.68 bits per heavy atom. The van der Waals surface area contributed by atoms with Crippen LogP contribution < -0.4 is 5.32 Å². The van der Waals surface area contributed by atoms with Crippen LogP contribution in [-0.2, 0) is 12.0 Å². The molecule has 0 amide bonds. The molecule has 1 N–H and O–H groups in total. The van der Waals surface area contributed by atoms with E-state index in [1.165, 1.54) is 9.75 Å². The Bertz CT molecular complexity index is 550. The second kappa shape index (κ2) is 5.74. The zero-order chi connectivity index (χ0) is 14.0. The first-order chi connectivity index (χ1) is 8.84. The quantitative estimate of drug-likeness (QED) is 0.736. The van der Waals surface area contributed by atoms with E-state index in [2.05, 4.69) is 38.2 Å². The van der Waals surface area contributed by atoms with Crippen molar-refractivity contribution in [3.63, 3.8) is 0 Å². The van der Waals surface area contributed by atoms with Crippen molar-refractivity contribution in [2.45, 2.75) is 32.7 Å². The van der Waals surface area contributed by atoms with E-state index >= 15 is 0 Å². The molecule has 2 aromatic rings. The fourth-order valence-corrected chi connectivity index (χ4v) is 3.25. The summed E-state index contributed by atoms with van der Waals surface area (Å²) in [6, 6.07) is 9.87. The number of benzene rings is 1. The van der Waals surface area contributed by atoms with E-state index in [-0.39, 0.29) is 5.41 Å². The van der Waals surface area contributed by atoms with Gasteiger partial charge in [0.05, 0.1) is 0 Å². The molecular formula is C15H17Cl2NS. The SMILES string of the molecule is CC(C)(C)c1ccc(CNc2cc(Cl)cc(Cl)c2)s1. The number of rotatable bonds is 3. The molecular weight excluding hydrogens is 297 g/mol. The van der Waals surface area contributed by atoms with Gasteiger partial charge in [-0.25, -0.2) is 0 Å². The van der Waals surface area contributed by atoms with Gasteiger partial charge >= 0.3 is 0 Å². The van der Waals surface area contributed by atoms with Crippen LogP contribution >= 0.6 is 34.5 Å². The number of anilines is 1. The van der Waals surface area contributed by atoms with Crippen LogP contribution in [0.3, 0.4) is 0 Å². The minimum atomic E-state index is 0.211. The fraction of sp³-hybridized carbons (Fsp3) is 0.333. The van der Waals surface area contributed by atoms with E-state index in [0.29, 0.717) is 10.0 Å². The van der Waals surface area contributed by atoms with Gasteiger partial charge in [0.1, 0.15) is 0 Å². The molecule has 0 fully saturated rings. The van der Waals surface area contributed by atoms with Gasteiger partial charge in [-0.2, -0.15) is 0 Å². The predicted molar refractivity (Wildman–Crippen MR) is 86.8 cm³/mol. The second-order valence-corrected chi connectivity index (χ2v) is 7.57. The van der Waals surface area contributed by atoms with E-state index in [0.717, 1.165) is 12.2 Å². The summed E-state index contributed by atoms with van der Waals surface area (Å²) in [7, 11) is 0. The maximum absolute atomic E-state index is 5.97. The summed E-state index contributed by atoms with van der Waals surface area (Å²) in [5.74, 6) is 0. The van der Waals surface area contributed by atoms with Crippen molar-refractivity contribution in [2.24, 2.45) is 0 Å². The molecule has 0 saturated heterocycles. The Morgan fingerprint density at radius 3 is 2.21 bits per heavy atom. The molecule has 0 aliphatic carbocycles. The molecule has 0 aliphatic rings. The summed E-state index contributed by atoms with van der Waals surface area (Å²) in [5, 5.41) is 4.65. The van der Waals surface area contributed by atoms with E-state index in [9.17, 15) is 0 Å². The predicted octanol–water partition coefficient (Wildman–Crippen LogP) is 5.96. The van der Waals surface area contributed by atoms with Gasteiger partial charge in [-0.1, -0.05) is 44.0 Å². The highest BCUT2D eigenvalue weighted by molar-refractivity contribution is 7.12. The molecule has 0 saturated carbocycles. The monoisotopic (exact) mass is 313 g/mol. The molecule has 1 aromatic heterocycles. The third kappa shape index (κ3) is 4.13. The van der Waals surface area contributed by atoms with Crippen LogP contribution in [0.1, 0.15) is 30.5 Å². The van der Waals surface area contributed by atoms with Gasteiger partial charge in [0.25, 0.3) is 0 Å². The molecule has 0 bridgehead atoms. The fourth-order valence-electron chi connectivity index (χ4n) is 1.72. The molecule has 0 atom stereocenters. The van der Waals surface area contributed by atoms with Crippen LogP contribution in [0.25, 0.3) is 0 Å². The van der Waals surface area contributed by atoms with Crippen molar-refractivity contribution in [1.29, 1.82) is 0 Å². The van der Waals surface area contributed by atoms with E-state index in [4.69, 9.17) is 23.2 Å². The highest BCUT2D eigenvalue weighted by Crippen LogP contribution is 2.30. The number of hydrogen-bond donors (Lipinski definition) is 1. The van der Waals surface area contributed by atoms with Crippen LogP contribution in [0, 0.1) is 0 Å². The molecule has 1 aromatic carbocycles. The van der Waals surface area contributed by atoms with Crippen molar-refractivity contribution < 1.29 is 0 Å². The van der Waals surface area contributed by atoms with Crippen LogP contribution in [-0.4, -0.2) is 0 Å². The number of hydrogen-bond acceptors (Lipinski definition) is 2. The Morgan fingerprint density at radius 1 is 1.05 bits per heavy atom. The van der Waals surface area contributed by atoms with Gasteiger partial charge in [0.15, 0.2) is 0 Å². The van der Waals surface area contributed by atoms with Gasteiger partial charge in [0.2, 0.25) is 0 Å². The summed E-state index contributed by atoms with van der Waals surface area (Å²) >= 11 is 13.8. The second-order valence-electron chi connectivity index (χ2n) is 5.53. The minimum absolute atomic E-state index is 0.211. The van der Waals surface area contributed by atoms with Crippen LogP contribution in [0.2, 0.25) is 10.0 Å². The van der Waals surface area contributed by atoms with E-state index in [1.54, 1.807) is 6.07 Å². The Labute approximate surface area is 128 Å². The van der Waals surface area contributed by atoms with Gasteiger partial charge in [-0.3, -0.25) is 0 Å². The smallest absolute Gasteiger partial charge is 0.0494 e. The van der Waals surface area contributed by atoms with Crippen molar-refractivity contribution >= 4 is 40.2 Å². The number of nitrogens with one attached hydrogen (secondary N) is 1. The molecule has 2 rings (SSSR count). The summed E-state index contributed by atoms with van der Waals surface area (Å²) in [5.41, 5.74) is 1.16. The third-order valence-corrected chi connectivity index (χ3v) is 4.68. The normalized spacial score (nSPS) is 11.6. The summed E-state index contributed by atoms with van der Waals surface area (Å²) in [6.45, 7) is 7.48. The van der Waals surface area contributed by atoms with Crippen molar-refractivity contribution in [1.82, 2.24) is 0 Å². The average Bonchev–Trinajstić information content (AvgIpc) is 2.73. The summed E-state index contributed by atoms with van der Waals surface area (Å²) < 4.78 is 0. The topological polar surface area (TPSA) is 12.0 Å². The lowest BCUT2D eigenvalue weighted by molar-refractivity contribution is 0.604. The largest absolute Gasteiger partial charge is 0.380 e. The molecule has 0 radical (unpaired) electrons. The molecule has 4 heteroatoms. The van der Waals surface area contributed by atoms with Crippen molar-refractivity contribution in [3.05, 3.63) is 50.1 Å². The van der Waals surface area contributed by atoms with Crippen LogP contribution in [0.15, 0.2) is 30.3 Å². The summed E-state index contributed by atoms with van der Waals surface area (Å²) in [6.07, 6.45) is 0. The maximum atomic E-state index is 5.97. The highest BCUT2D eigenvalue weighted by atomic mass is 35.5.